The topological polar surface area (TPSA) is 44.4 Å². The van der Waals surface area contributed by atoms with E-state index in [4.69, 9.17) is 11.6 Å². The van der Waals surface area contributed by atoms with Gasteiger partial charge in [0.05, 0.1) is 10.7 Å². The number of aryl methyl sites for hydroxylation is 1. The smallest absolute Gasteiger partial charge is 0.269 e. The van der Waals surface area contributed by atoms with E-state index in [-0.39, 0.29) is 5.91 Å². The fourth-order valence-corrected chi connectivity index (χ4v) is 2.16. The number of carbonyl (C=O) groups excluding carboxylic acids is 1. The summed E-state index contributed by atoms with van der Waals surface area (Å²) < 4.78 is 0. The Morgan fingerprint density at radius 1 is 1.10 bits per heavy atom. The van der Waals surface area contributed by atoms with Gasteiger partial charge in [0.1, 0.15) is 0 Å². The molecule has 0 bridgehead atoms. The normalized spacial score (nSPS) is 10.1. The van der Waals surface area contributed by atoms with E-state index in [0.29, 0.717) is 16.3 Å². The van der Waals surface area contributed by atoms with E-state index < -0.39 is 0 Å². The molecule has 110 valence electrons. The van der Waals surface area contributed by atoms with Gasteiger partial charge in [-0.05, 0) is 42.8 Å². The summed E-state index contributed by atoms with van der Waals surface area (Å²) in [5.41, 5.74) is 8.83. The molecular formula is C16H18ClN3O. The van der Waals surface area contributed by atoms with Gasteiger partial charge in [0.15, 0.2) is 0 Å². The van der Waals surface area contributed by atoms with E-state index in [0.717, 1.165) is 11.3 Å². The largest absolute Gasteiger partial charge is 0.378 e. The first kappa shape index (κ1) is 15.2. The van der Waals surface area contributed by atoms with Crippen molar-refractivity contribution in [3.8, 4) is 0 Å². The van der Waals surface area contributed by atoms with Crippen LogP contribution < -0.4 is 15.8 Å². The molecule has 0 aromatic heterocycles. The minimum atomic E-state index is -0.209. The zero-order valence-corrected chi connectivity index (χ0v) is 13.0. The Labute approximate surface area is 129 Å². The summed E-state index contributed by atoms with van der Waals surface area (Å²) in [7, 11) is 3.91. The van der Waals surface area contributed by atoms with Crippen LogP contribution in [0.3, 0.4) is 0 Å². The molecule has 21 heavy (non-hydrogen) atoms. The molecule has 5 heteroatoms. The van der Waals surface area contributed by atoms with E-state index in [2.05, 4.69) is 10.9 Å². The third kappa shape index (κ3) is 3.67. The van der Waals surface area contributed by atoms with Crippen LogP contribution in [0, 0.1) is 6.92 Å². The highest BCUT2D eigenvalue weighted by Crippen LogP contribution is 2.24. The van der Waals surface area contributed by atoms with Crippen molar-refractivity contribution >= 4 is 28.9 Å². The van der Waals surface area contributed by atoms with Crippen molar-refractivity contribution in [2.45, 2.75) is 6.92 Å². The Kier molecular flexibility index (Phi) is 4.70. The van der Waals surface area contributed by atoms with Crippen LogP contribution in [0.25, 0.3) is 0 Å². The molecule has 0 unspecified atom stereocenters. The fourth-order valence-electron chi connectivity index (χ4n) is 1.89. The Morgan fingerprint density at radius 3 is 2.33 bits per heavy atom. The molecule has 0 aliphatic heterocycles. The zero-order valence-electron chi connectivity index (χ0n) is 12.3. The molecule has 0 aliphatic rings. The summed E-state index contributed by atoms with van der Waals surface area (Å²) in [5, 5.41) is 0.568. The summed E-state index contributed by atoms with van der Waals surface area (Å²) in [5.74, 6) is -0.209. The average molecular weight is 304 g/mol. The van der Waals surface area contributed by atoms with Crippen molar-refractivity contribution < 1.29 is 4.79 Å². The summed E-state index contributed by atoms with van der Waals surface area (Å²) in [4.78, 5) is 14.1. The predicted molar refractivity (Wildman–Crippen MR) is 88.0 cm³/mol. The highest BCUT2D eigenvalue weighted by atomic mass is 35.5. The number of hydrogen-bond donors (Lipinski definition) is 2. The van der Waals surface area contributed by atoms with Crippen molar-refractivity contribution in [3.63, 3.8) is 0 Å². The molecule has 0 fully saturated rings. The number of benzene rings is 2. The van der Waals surface area contributed by atoms with Gasteiger partial charge < -0.3 is 4.90 Å². The number of carbonyl (C=O) groups is 1. The van der Waals surface area contributed by atoms with Gasteiger partial charge in [0.25, 0.3) is 5.91 Å². The Bertz CT molecular complexity index is 618. The number of nitrogens with zero attached hydrogens (tertiary/aromatic N) is 1. The first-order valence-electron chi connectivity index (χ1n) is 6.58. The van der Waals surface area contributed by atoms with Crippen LogP contribution >= 0.6 is 11.6 Å². The quantitative estimate of drug-likeness (QED) is 0.850. The molecule has 4 nitrogen and oxygen atoms in total. The zero-order chi connectivity index (χ0) is 15.4. The second-order valence-electron chi connectivity index (χ2n) is 4.95. The monoisotopic (exact) mass is 303 g/mol. The molecule has 0 spiro atoms. The molecule has 2 aromatic carbocycles. The maximum absolute atomic E-state index is 12.1. The molecule has 2 rings (SSSR count). The molecule has 2 N–H and O–H groups in total. The van der Waals surface area contributed by atoms with Crippen LogP contribution in [0.5, 0.6) is 0 Å². The Morgan fingerprint density at radius 2 is 1.76 bits per heavy atom. The maximum Gasteiger partial charge on any atom is 0.269 e. The summed E-state index contributed by atoms with van der Waals surface area (Å²) >= 11 is 6.10. The lowest BCUT2D eigenvalue weighted by atomic mass is 10.2. The number of hydrazine groups is 1. The third-order valence-electron chi connectivity index (χ3n) is 3.17. The van der Waals surface area contributed by atoms with Crippen LogP contribution in [0.2, 0.25) is 5.02 Å². The molecule has 0 aliphatic carbocycles. The van der Waals surface area contributed by atoms with Crippen molar-refractivity contribution in [1.82, 2.24) is 5.43 Å². The number of hydrogen-bond acceptors (Lipinski definition) is 3. The van der Waals surface area contributed by atoms with Crippen LogP contribution in [0.1, 0.15) is 15.9 Å². The molecule has 0 atom stereocenters. The number of para-hydroxylation sites is 1. The number of anilines is 2. The van der Waals surface area contributed by atoms with Gasteiger partial charge in [-0.25, -0.2) is 0 Å². The lowest BCUT2D eigenvalue weighted by molar-refractivity contribution is 0.0962. The summed E-state index contributed by atoms with van der Waals surface area (Å²) in [6, 6.07) is 12.9. The van der Waals surface area contributed by atoms with Gasteiger partial charge in [-0.1, -0.05) is 23.7 Å². The first-order chi connectivity index (χ1) is 9.99. The lowest BCUT2D eigenvalue weighted by Gasteiger charge is -2.14. The lowest BCUT2D eigenvalue weighted by Crippen LogP contribution is -2.29. The Balaban J connectivity index is 2.05. The number of nitrogens with one attached hydrogen (secondary N) is 2. The summed E-state index contributed by atoms with van der Waals surface area (Å²) in [6.45, 7) is 1.92. The van der Waals surface area contributed by atoms with Crippen molar-refractivity contribution in [2.75, 3.05) is 24.4 Å². The van der Waals surface area contributed by atoms with Crippen molar-refractivity contribution in [3.05, 3.63) is 58.6 Å². The second kappa shape index (κ2) is 6.50. The molecule has 0 radical (unpaired) electrons. The minimum absolute atomic E-state index is 0.209. The fraction of sp³-hybridized carbons (Fsp3) is 0.188. The van der Waals surface area contributed by atoms with Gasteiger partial charge in [0, 0.05) is 25.3 Å². The number of halogens is 1. The van der Waals surface area contributed by atoms with E-state index in [1.54, 1.807) is 18.2 Å². The molecule has 0 heterocycles. The van der Waals surface area contributed by atoms with E-state index in [1.807, 2.05) is 50.2 Å². The first-order valence-corrected chi connectivity index (χ1v) is 6.95. The molecule has 0 saturated carbocycles. The van der Waals surface area contributed by atoms with E-state index in [9.17, 15) is 4.79 Å². The van der Waals surface area contributed by atoms with Crippen molar-refractivity contribution in [2.24, 2.45) is 0 Å². The molecule has 2 aromatic rings. The standard InChI is InChI=1S/C16H18ClN3O/c1-11-5-4-6-14(17)15(11)18-19-16(21)12-7-9-13(10-8-12)20(2)3/h4-10,18H,1-3H3,(H,19,21). The van der Waals surface area contributed by atoms with Gasteiger partial charge in [-0.3, -0.25) is 15.6 Å². The van der Waals surface area contributed by atoms with Crippen molar-refractivity contribution in [1.29, 1.82) is 0 Å². The molecule has 1 amide bonds. The summed E-state index contributed by atoms with van der Waals surface area (Å²) in [6.07, 6.45) is 0. The molecule has 0 saturated heterocycles. The van der Waals surface area contributed by atoms with Crippen LogP contribution in [0.4, 0.5) is 11.4 Å². The predicted octanol–water partition coefficient (Wildman–Crippen LogP) is 3.47. The van der Waals surface area contributed by atoms with E-state index in [1.165, 1.54) is 0 Å². The van der Waals surface area contributed by atoms with Gasteiger partial charge in [0.2, 0.25) is 0 Å². The highest BCUT2D eigenvalue weighted by molar-refractivity contribution is 6.33. The maximum atomic E-state index is 12.1. The van der Waals surface area contributed by atoms with Crippen LogP contribution in [0.15, 0.2) is 42.5 Å². The third-order valence-corrected chi connectivity index (χ3v) is 3.48. The second-order valence-corrected chi connectivity index (χ2v) is 5.36. The van der Waals surface area contributed by atoms with Gasteiger partial charge in [-0.2, -0.15) is 0 Å². The van der Waals surface area contributed by atoms with Gasteiger partial charge in [-0.15, -0.1) is 0 Å². The SMILES string of the molecule is Cc1cccc(Cl)c1NNC(=O)c1ccc(N(C)C)cc1. The number of rotatable bonds is 4. The molecular weight excluding hydrogens is 286 g/mol. The Hall–Kier alpha value is -2.20. The minimum Gasteiger partial charge on any atom is -0.378 e. The highest BCUT2D eigenvalue weighted by Gasteiger charge is 2.08. The average Bonchev–Trinajstić information content (AvgIpc) is 2.46. The number of amides is 1. The van der Waals surface area contributed by atoms with Crippen LogP contribution in [-0.2, 0) is 0 Å². The van der Waals surface area contributed by atoms with Gasteiger partial charge >= 0.3 is 0 Å². The van der Waals surface area contributed by atoms with E-state index >= 15 is 0 Å². The van der Waals surface area contributed by atoms with Crippen LogP contribution in [-0.4, -0.2) is 20.0 Å².